The molecule has 6 rings (SSSR count). The van der Waals surface area contributed by atoms with Crippen LogP contribution < -0.4 is 20.1 Å². The average molecular weight is 630 g/mol. The molecule has 0 bridgehead atoms. The van der Waals surface area contributed by atoms with Gasteiger partial charge in [0.2, 0.25) is 0 Å². The molecule has 4 heterocycles. The summed E-state index contributed by atoms with van der Waals surface area (Å²) in [5.41, 5.74) is 2.97. The van der Waals surface area contributed by atoms with Crippen LogP contribution in [-0.2, 0) is 11.3 Å². The number of aromatic nitrogens is 3. The van der Waals surface area contributed by atoms with Crippen molar-refractivity contribution in [2.75, 3.05) is 31.6 Å². The van der Waals surface area contributed by atoms with Gasteiger partial charge in [-0.3, -0.25) is 9.55 Å². The van der Waals surface area contributed by atoms with Gasteiger partial charge < -0.3 is 24.0 Å². The maximum absolute atomic E-state index is 16.5. The molecule has 11 heteroatoms. The molecule has 1 saturated heterocycles. The van der Waals surface area contributed by atoms with Crippen LogP contribution in [0, 0.1) is 12.7 Å². The highest BCUT2D eigenvalue weighted by molar-refractivity contribution is 6.01. The molecule has 10 nitrogen and oxygen atoms in total. The molecular formula is C35H40FN5O5. The molecule has 4 aromatic rings. The second-order valence-electron chi connectivity index (χ2n) is 13.3. The van der Waals surface area contributed by atoms with Crippen LogP contribution in [0.25, 0.3) is 27.7 Å². The summed E-state index contributed by atoms with van der Waals surface area (Å²) in [4.78, 5) is 40.1. The summed E-state index contributed by atoms with van der Waals surface area (Å²) in [6.07, 6.45) is 1.32. The number of hydrogen-bond donors (Lipinski definition) is 0. The third-order valence-electron chi connectivity index (χ3n) is 8.49. The van der Waals surface area contributed by atoms with Crippen LogP contribution in [-0.4, -0.2) is 63.9 Å². The lowest BCUT2D eigenvalue weighted by molar-refractivity contribution is 0.0218. The Balaban J connectivity index is 1.62. The van der Waals surface area contributed by atoms with E-state index in [-0.39, 0.29) is 29.9 Å². The zero-order chi connectivity index (χ0) is 33.1. The van der Waals surface area contributed by atoms with Gasteiger partial charge in [0, 0.05) is 48.4 Å². The molecule has 0 aliphatic carbocycles. The number of fused-ring (bicyclic) bond motifs is 5. The Hall–Kier alpha value is -4.67. The van der Waals surface area contributed by atoms with E-state index in [1.165, 1.54) is 10.6 Å². The maximum Gasteiger partial charge on any atom is 0.410 e. The van der Waals surface area contributed by atoms with Gasteiger partial charge in [0.15, 0.2) is 5.75 Å². The fourth-order valence-electron chi connectivity index (χ4n) is 6.46. The predicted molar refractivity (Wildman–Crippen MR) is 175 cm³/mol. The van der Waals surface area contributed by atoms with Gasteiger partial charge in [0.05, 0.1) is 24.1 Å². The summed E-state index contributed by atoms with van der Waals surface area (Å²) >= 11 is 0. The van der Waals surface area contributed by atoms with Crippen molar-refractivity contribution in [1.82, 2.24) is 19.4 Å². The first kappa shape index (κ1) is 31.3. The summed E-state index contributed by atoms with van der Waals surface area (Å²) in [7, 11) is 1.55. The molecule has 1 fully saturated rings. The van der Waals surface area contributed by atoms with Crippen LogP contribution in [0.1, 0.15) is 64.3 Å². The number of pyridine rings is 1. The highest BCUT2D eigenvalue weighted by Crippen LogP contribution is 2.49. The van der Waals surface area contributed by atoms with Gasteiger partial charge in [-0.25, -0.2) is 14.0 Å². The number of carbonyl (C=O) groups is 1. The van der Waals surface area contributed by atoms with Gasteiger partial charge in [-0.1, -0.05) is 26.0 Å². The molecule has 2 aromatic carbocycles. The van der Waals surface area contributed by atoms with E-state index in [4.69, 9.17) is 14.2 Å². The molecule has 2 aromatic heterocycles. The van der Waals surface area contributed by atoms with Crippen molar-refractivity contribution in [3.8, 4) is 28.3 Å². The summed E-state index contributed by atoms with van der Waals surface area (Å²) < 4.78 is 35.7. The van der Waals surface area contributed by atoms with E-state index in [1.807, 2.05) is 71.6 Å². The molecular weight excluding hydrogens is 589 g/mol. The number of hydrogen-bond acceptors (Lipinski definition) is 8. The van der Waals surface area contributed by atoms with Gasteiger partial charge >= 0.3 is 11.8 Å². The van der Waals surface area contributed by atoms with Crippen LogP contribution in [0.15, 0.2) is 41.3 Å². The maximum atomic E-state index is 16.5. The average Bonchev–Trinajstić information content (AvgIpc) is 2.99. The van der Waals surface area contributed by atoms with E-state index < -0.39 is 23.2 Å². The van der Waals surface area contributed by atoms with Gasteiger partial charge in [0.25, 0.3) is 0 Å². The highest BCUT2D eigenvalue weighted by atomic mass is 19.1. The summed E-state index contributed by atoms with van der Waals surface area (Å²) in [5.74, 6) is 0.543. The van der Waals surface area contributed by atoms with Crippen LogP contribution in [0.3, 0.4) is 0 Å². The first-order valence-corrected chi connectivity index (χ1v) is 15.6. The van der Waals surface area contributed by atoms with E-state index in [2.05, 4.69) is 9.97 Å². The standard InChI is InChI=1S/C35H40FN5O5/c1-19(2)28-29(20(3)12-13-37-28)41-30-23(16-24(36)27-26-22(18-45-31(27)30)10-9-11-25(26)44-8)32(38-33(41)42)40-15-14-39(17-21(40)4)34(43)46-35(5,6)7/h9-13,16,19,21H,14-15,17-18H2,1-8H3/t21-/m0/s1. The van der Waals surface area contributed by atoms with Gasteiger partial charge in [-0.15, -0.1) is 0 Å². The Morgan fingerprint density at radius 1 is 1.15 bits per heavy atom. The topological polar surface area (TPSA) is 99.0 Å². The van der Waals surface area contributed by atoms with Crippen molar-refractivity contribution >= 4 is 22.8 Å². The van der Waals surface area contributed by atoms with Crippen LogP contribution in [0.4, 0.5) is 15.0 Å². The van der Waals surface area contributed by atoms with Crippen molar-refractivity contribution in [1.29, 1.82) is 0 Å². The first-order valence-electron chi connectivity index (χ1n) is 15.6. The molecule has 0 N–H and O–H groups in total. The molecule has 0 radical (unpaired) electrons. The number of amides is 1. The number of ether oxygens (including phenoxy) is 3. The second-order valence-corrected chi connectivity index (χ2v) is 13.3. The van der Waals surface area contributed by atoms with Crippen LogP contribution in [0.2, 0.25) is 0 Å². The lowest BCUT2D eigenvalue weighted by Crippen LogP contribution is -2.55. The fraction of sp³-hybridized carbons (Fsp3) is 0.429. The number of rotatable bonds is 4. The molecule has 242 valence electrons. The Morgan fingerprint density at radius 2 is 1.91 bits per heavy atom. The van der Waals surface area contributed by atoms with Gasteiger partial charge in [0.1, 0.15) is 35.1 Å². The minimum absolute atomic E-state index is 0.0181. The van der Waals surface area contributed by atoms with Crippen molar-refractivity contribution in [3.05, 3.63) is 69.7 Å². The first-order chi connectivity index (χ1) is 21.8. The van der Waals surface area contributed by atoms with Gasteiger partial charge in [-0.2, -0.15) is 4.98 Å². The van der Waals surface area contributed by atoms with Crippen molar-refractivity contribution in [2.45, 2.75) is 72.6 Å². The zero-order valence-corrected chi connectivity index (χ0v) is 27.6. The molecule has 2 aliphatic heterocycles. The van der Waals surface area contributed by atoms with Crippen LogP contribution >= 0.6 is 0 Å². The number of nitrogens with zero attached hydrogens (tertiary/aromatic N) is 5. The predicted octanol–water partition coefficient (Wildman–Crippen LogP) is 6.37. The molecule has 1 atom stereocenters. The van der Waals surface area contributed by atoms with E-state index >= 15 is 4.39 Å². The Kier molecular flexibility index (Phi) is 7.90. The quantitative estimate of drug-likeness (QED) is 0.257. The summed E-state index contributed by atoms with van der Waals surface area (Å²) in [5, 5.41) is 0.421. The molecule has 0 saturated carbocycles. The third-order valence-corrected chi connectivity index (χ3v) is 8.49. The minimum Gasteiger partial charge on any atom is -0.496 e. The summed E-state index contributed by atoms with van der Waals surface area (Å²) in [6.45, 7) is 14.6. The van der Waals surface area contributed by atoms with Crippen LogP contribution in [0.5, 0.6) is 11.5 Å². The zero-order valence-electron chi connectivity index (χ0n) is 27.6. The number of benzene rings is 2. The SMILES string of the molecule is COc1cccc2c1-c1c(F)cc3c(N4CCN(C(=O)OC(C)(C)C)C[C@@H]4C)nc(=O)n(-c4c(C)ccnc4C(C)C)c3c1OC2. The van der Waals surface area contributed by atoms with Crippen molar-refractivity contribution in [2.24, 2.45) is 0 Å². The monoisotopic (exact) mass is 629 g/mol. The smallest absolute Gasteiger partial charge is 0.410 e. The number of piperazine rings is 1. The lowest BCUT2D eigenvalue weighted by Gasteiger charge is -2.41. The summed E-state index contributed by atoms with van der Waals surface area (Å²) in [6, 6.07) is 8.54. The molecule has 1 amide bonds. The number of carbonyl (C=O) groups excluding carboxylic acids is 1. The van der Waals surface area contributed by atoms with Crippen molar-refractivity contribution in [3.63, 3.8) is 0 Å². The number of anilines is 1. The fourth-order valence-corrected chi connectivity index (χ4v) is 6.46. The molecule has 46 heavy (non-hydrogen) atoms. The van der Waals surface area contributed by atoms with E-state index in [0.29, 0.717) is 59.0 Å². The van der Waals surface area contributed by atoms with E-state index in [9.17, 15) is 9.59 Å². The van der Waals surface area contributed by atoms with E-state index in [0.717, 1.165) is 11.1 Å². The number of halogens is 1. The normalized spacial score (nSPS) is 16.3. The number of methoxy groups -OCH3 is 1. The molecule has 2 aliphatic rings. The number of aryl methyl sites for hydroxylation is 1. The third kappa shape index (κ3) is 5.31. The Bertz CT molecular complexity index is 1900. The highest BCUT2D eigenvalue weighted by Gasteiger charge is 2.35. The largest absolute Gasteiger partial charge is 0.496 e. The Morgan fingerprint density at radius 3 is 2.59 bits per heavy atom. The lowest BCUT2D eigenvalue weighted by atomic mass is 9.93. The molecule has 0 spiro atoms. The molecule has 0 unspecified atom stereocenters. The second kappa shape index (κ2) is 11.6. The minimum atomic E-state index is -0.628. The van der Waals surface area contributed by atoms with Gasteiger partial charge in [-0.05, 0) is 64.3 Å². The van der Waals surface area contributed by atoms with E-state index in [1.54, 1.807) is 24.3 Å². The van der Waals surface area contributed by atoms with Crippen molar-refractivity contribution < 1.29 is 23.4 Å². The Labute approximate surface area is 267 Å².